The molecule has 0 aromatic heterocycles. The number of piperidine rings is 1. The van der Waals surface area contributed by atoms with Gasteiger partial charge in [-0.3, -0.25) is 4.79 Å². The van der Waals surface area contributed by atoms with Gasteiger partial charge in [-0.1, -0.05) is 19.1 Å². The average Bonchev–Trinajstić information content (AvgIpc) is 2.94. The van der Waals surface area contributed by atoms with E-state index in [1.54, 1.807) is 12.1 Å². The Hall–Kier alpha value is -1.46. The SMILES string of the molecule is CCN1CCC(N[C@H]2CC(=O)N(CCc3ccc(F)cc3)C2)CC1. The summed E-state index contributed by atoms with van der Waals surface area (Å²) in [6.45, 7) is 7.17. The van der Waals surface area contributed by atoms with Crippen LogP contribution in [0.3, 0.4) is 0 Å². The highest BCUT2D eigenvalue weighted by Crippen LogP contribution is 2.16. The van der Waals surface area contributed by atoms with E-state index in [-0.39, 0.29) is 17.8 Å². The summed E-state index contributed by atoms with van der Waals surface area (Å²) in [7, 11) is 0. The Kier molecular flexibility index (Phi) is 5.85. The van der Waals surface area contributed by atoms with Gasteiger partial charge in [-0.25, -0.2) is 4.39 Å². The zero-order chi connectivity index (χ0) is 16.9. The smallest absolute Gasteiger partial charge is 0.224 e. The van der Waals surface area contributed by atoms with Crippen LogP contribution < -0.4 is 5.32 Å². The summed E-state index contributed by atoms with van der Waals surface area (Å²) in [6, 6.07) is 7.38. The minimum Gasteiger partial charge on any atom is -0.341 e. The van der Waals surface area contributed by atoms with E-state index in [9.17, 15) is 9.18 Å². The highest BCUT2D eigenvalue weighted by atomic mass is 19.1. The second-order valence-corrected chi connectivity index (χ2v) is 6.99. The van der Waals surface area contributed by atoms with Crippen molar-refractivity contribution in [3.05, 3.63) is 35.6 Å². The normalized spacial score (nSPS) is 23.2. The van der Waals surface area contributed by atoms with Crippen LogP contribution in [0.4, 0.5) is 4.39 Å². The van der Waals surface area contributed by atoms with Crippen LogP contribution in [0.1, 0.15) is 31.7 Å². The third kappa shape index (κ3) is 4.54. The molecule has 2 saturated heterocycles. The largest absolute Gasteiger partial charge is 0.341 e. The number of carbonyl (C=O) groups excluding carboxylic acids is 1. The molecule has 2 fully saturated rings. The van der Waals surface area contributed by atoms with E-state index in [0.717, 1.165) is 44.7 Å². The van der Waals surface area contributed by atoms with Crippen LogP contribution in [0, 0.1) is 5.82 Å². The number of benzene rings is 1. The van der Waals surface area contributed by atoms with Crippen molar-refractivity contribution in [2.45, 2.75) is 44.7 Å². The summed E-state index contributed by atoms with van der Waals surface area (Å²) >= 11 is 0. The van der Waals surface area contributed by atoms with Crippen LogP contribution >= 0.6 is 0 Å². The zero-order valence-electron chi connectivity index (χ0n) is 14.5. The highest BCUT2D eigenvalue weighted by molar-refractivity contribution is 5.79. The van der Waals surface area contributed by atoms with Gasteiger partial charge in [-0.2, -0.15) is 0 Å². The van der Waals surface area contributed by atoms with E-state index in [1.165, 1.54) is 25.0 Å². The molecule has 1 aromatic carbocycles. The van der Waals surface area contributed by atoms with Gasteiger partial charge in [0.25, 0.3) is 0 Å². The Balaban J connectivity index is 1.43. The molecule has 3 rings (SSSR count). The summed E-state index contributed by atoms with van der Waals surface area (Å²) in [5.74, 6) is 0.0231. The van der Waals surface area contributed by atoms with Gasteiger partial charge in [0, 0.05) is 31.6 Å². The molecule has 1 aromatic rings. The maximum Gasteiger partial charge on any atom is 0.224 e. The third-order valence-electron chi connectivity index (χ3n) is 5.30. The molecule has 1 amide bonds. The average molecular weight is 333 g/mol. The van der Waals surface area contributed by atoms with E-state index >= 15 is 0 Å². The van der Waals surface area contributed by atoms with Crippen LogP contribution in [0.2, 0.25) is 0 Å². The quantitative estimate of drug-likeness (QED) is 0.865. The van der Waals surface area contributed by atoms with Crippen molar-refractivity contribution >= 4 is 5.91 Å². The molecule has 0 radical (unpaired) electrons. The number of hydrogen-bond acceptors (Lipinski definition) is 3. The van der Waals surface area contributed by atoms with Crippen molar-refractivity contribution in [2.75, 3.05) is 32.7 Å². The first-order chi connectivity index (χ1) is 11.6. The van der Waals surface area contributed by atoms with Crippen LogP contribution in [-0.2, 0) is 11.2 Å². The molecular weight excluding hydrogens is 305 g/mol. The van der Waals surface area contributed by atoms with Crippen molar-refractivity contribution in [3.63, 3.8) is 0 Å². The second kappa shape index (κ2) is 8.08. The standard InChI is InChI=1S/C19H28FN3O/c1-2-22-10-8-17(9-11-22)21-18-13-19(24)23(14-18)12-7-15-3-5-16(20)6-4-15/h3-6,17-18,21H,2,7-14H2,1H3/t18-/m0/s1. The summed E-state index contributed by atoms with van der Waals surface area (Å²) in [5.41, 5.74) is 1.08. The molecule has 0 saturated carbocycles. The molecule has 132 valence electrons. The predicted octanol–water partition coefficient (Wildman–Crippen LogP) is 2.04. The monoisotopic (exact) mass is 333 g/mol. The van der Waals surface area contributed by atoms with Crippen molar-refractivity contribution in [3.8, 4) is 0 Å². The lowest BCUT2D eigenvalue weighted by Gasteiger charge is -2.33. The van der Waals surface area contributed by atoms with Crippen molar-refractivity contribution < 1.29 is 9.18 Å². The first kappa shape index (κ1) is 17.4. The molecule has 0 spiro atoms. The molecule has 2 aliphatic rings. The molecule has 1 N–H and O–H groups in total. The molecule has 5 heteroatoms. The minimum atomic E-state index is -0.214. The molecule has 2 aliphatic heterocycles. The van der Waals surface area contributed by atoms with Gasteiger partial charge < -0.3 is 15.1 Å². The summed E-state index contributed by atoms with van der Waals surface area (Å²) in [4.78, 5) is 16.6. The fourth-order valence-corrected chi connectivity index (χ4v) is 3.76. The van der Waals surface area contributed by atoms with Crippen LogP contribution in [-0.4, -0.2) is 60.5 Å². The number of amides is 1. The lowest BCUT2D eigenvalue weighted by Crippen LogP contribution is -2.46. The van der Waals surface area contributed by atoms with E-state index in [1.807, 2.05) is 4.90 Å². The predicted molar refractivity (Wildman–Crippen MR) is 93.4 cm³/mol. The van der Waals surface area contributed by atoms with Crippen molar-refractivity contribution in [1.82, 2.24) is 15.1 Å². The molecule has 24 heavy (non-hydrogen) atoms. The van der Waals surface area contributed by atoms with E-state index in [0.29, 0.717) is 12.5 Å². The van der Waals surface area contributed by atoms with Crippen LogP contribution in [0.15, 0.2) is 24.3 Å². The molecule has 2 heterocycles. The summed E-state index contributed by atoms with van der Waals surface area (Å²) in [6.07, 6.45) is 3.74. The molecule has 0 unspecified atom stereocenters. The highest BCUT2D eigenvalue weighted by Gasteiger charge is 2.31. The maximum atomic E-state index is 12.9. The van der Waals surface area contributed by atoms with Crippen LogP contribution in [0.25, 0.3) is 0 Å². The Labute approximate surface area is 144 Å². The van der Waals surface area contributed by atoms with Gasteiger partial charge in [0.05, 0.1) is 0 Å². The van der Waals surface area contributed by atoms with E-state index in [2.05, 4.69) is 17.1 Å². The zero-order valence-corrected chi connectivity index (χ0v) is 14.5. The van der Waals surface area contributed by atoms with E-state index in [4.69, 9.17) is 0 Å². The number of nitrogens with zero attached hydrogens (tertiary/aromatic N) is 2. The summed E-state index contributed by atoms with van der Waals surface area (Å²) in [5, 5.41) is 3.69. The van der Waals surface area contributed by atoms with Crippen LogP contribution in [0.5, 0.6) is 0 Å². The maximum absolute atomic E-state index is 12.9. The molecule has 1 atom stereocenters. The fraction of sp³-hybridized carbons (Fsp3) is 0.632. The van der Waals surface area contributed by atoms with Gasteiger partial charge >= 0.3 is 0 Å². The number of rotatable bonds is 6. The lowest BCUT2D eigenvalue weighted by atomic mass is 10.0. The number of likely N-dealkylation sites (tertiary alicyclic amines) is 2. The van der Waals surface area contributed by atoms with Crippen molar-refractivity contribution in [2.24, 2.45) is 0 Å². The Bertz CT molecular complexity index is 540. The lowest BCUT2D eigenvalue weighted by molar-refractivity contribution is -0.127. The molecule has 0 aliphatic carbocycles. The Morgan fingerprint density at radius 3 is 2.54 bits per heavy atom. The number of halogens is 1. The van der Waals surface area contributed by atoms with Gasteiger partial charge in [-0.05, 0) is 56.6 Å². The van der Waals surface area contributed by atoms with E-state index < -0.39 is 0 Å². The van der Waals surface area contributed by atoms with Gasteiger partial charge in [-0.15, -0.1) is 0 Å². The summed E-state index contributed by atoms with van der Waals surface area (Å²) < 4.78 is 12.9. The van der Waals surface area contributed by atoms with Gasteiger partial charge in [0.1, 0.15) is 5.82 Å². The first-order valence-electron chi connectivity index (χ1n) is 9.14. The Morgan fingerprint density at radius 2 is 1.88 bits per heavy atom. The number of nitrogens with one attached hydrogen (secondary N) is 1. The molecule has 4 nitrogen and oxygen atoms in total. The van der Waals surface area contributed by atoms with Crippen molar-refractivity contribution in [1.29, 1.82) is 0 Å². The number of hydrogen-bond donors (Lipinski definition) is 1. The van der Waals surface area contributed by atoms with Gasteiger partial charge in [0.15, 0.2) is 0 Å². The molecule has 0 bridgehead atoms. The topological polar surface area (TPSA) is 35.6 Å². The Morgan fingerprint density at radius 1 is 1.17 bits per heavy atom. The fourth-order valence-electron chi connectivity index (χ4n) is 3.76. The molecular formula is C19H28FN3O. The number of carbonyl (C=O) groups is 1. The first-order valence-corrected chi connectivity index (χ1v) is 9.14. The van der Waals surface area contributed by atoms with Gasteiger partial charge in [0.2, 0.25) is 5.91 Å². The minimum absolute atomic E-state index is 0.214. The third-order valence-corrected chi connectivity index (χ3v) is 5.30. The second-order valence-electron chi connectivity index (χ2n) is 6.99.